The molecule has 0 N–H and O–H groups in total. The van der Waals surface area contributed by atoms with E-state index in [1.54, 1.807) is 6.07 Å². The van der Waals surface area contributed by atoms with Crippen molar-refractivity contribution in [1.29, 1.82) is 0 Å². The Balaban J connectivity index is 2.66. The summed E-state index contributed by atoms with van der Waals surface area (Å²) in [5.74, 6) is -0.0475. The van der Waals surface area contributed by atoms with Crippen LogP contribution in [0.15, 0.2) is 18.2 Å². The summed E-state index contributed by atoms with van der Waals surface area (Å²) in [6, 6.07) is 5.46. The summed E-state index contributed by atoms with van der Waals surface area (Å²) in [5, 5.41) is 0. The molecule has 0 aliphatic carbocycles. The number of aryl methyl sites for hydroxylation is 1. The number of esters is 2. The predicted molar refractivity (Wildman–Crippen MR) is 73.9 cm³/mol. The third kappa shape index (κ3) is 4.91. The van der Waals surface area contributed by atoms with Gasteiger partial charge in [0.05, 0.1) is 27.1 Å². The molecular formula is C15H20O5. The third-order valence-electron chi connectivity index (χ3n) is 2.75. The molecule has 1 aromatic rings. The zero-order valence-corrected chi connectivity index (χ0v) is 12.1. The Hall–Kier alpha value is -2.04. The highest BCUT2D eigenvalue weighted by atomic mass is 16.6. The lowest BCUT2D eigenvalue weighted by molar-refractivity contribution is -0.144. The minimum atomic E-state index is -0.489. The van der Waals surface area contributed by atoms with Gasteiger partial charge in [-0.1, -0.05) is 19.4 Å². The van der Waals surface area contributed by atoms with E-state index in [0.29, 0.717) is 11.5 Å². The molecule has 0 aliphatic rings. The first-order valence-electron chi connectivity index (χ1n) is 6.55. The molecule has 0 heterocycles. The molecule has 20 heavy (non-hydrogen) atoms. The van der Waals surface area contributed by atoms with Crippen LogP contribution in [0.5, 0.6) is 11.5 Å². The normalized spacial score (nSPS) is 9.95. The first-order chi connectivity index (χ1) is 9.60. The van der Waals surface area contributed by atoms with Crippen molar-refractivity contribution in [3.8, 4) is 11.5 Å². The van der Waals surface area contributed by atoms with Gasteiger partial charge in [-0.3, -0.25) is 9.59 Å². The van der Waals surface area contributed by atoms with Gasteiger partial charge >= 0.3 is 11.9 Å². The van der Waals surface area contributed by atoms with Crippen LogP contribution in [-0.2, 0) is 20.7 Å². The molecule has 1 rings (SSSR count). The second-order valence-corrected chi connectivity index (χ2v) is 4.29. The minimum Gasteiger partial charge on any atom is -0.493 e. The quantitative estimate of drug-likeness (QED) is 0.567. The number of carbonyl (C=O) groups excluding carboxylic acids is 2. The molecule has 0 bridgehead atoms. The number of ether oxygens (including phenoxy) is 3. The van der Waals surface area contributed by atoms with Crippen LogP contribution < -0.4 is 9.47 Å². The van der Waals surface area contributed by atoms with Crippen molar-refractivity contribution in [2.24, 2.45) is 0 Å². The highest BCUT2D eigenvalue weighted by molar-refractivity contribution is 5.79. The Morgan fingerprint density at radius 1 is 1.05 bits per heavy atom. The summed E-state index contributed by atoms with van der Waals surface area (Å²) in [6.45, 7) is 2.09. The van der Waals surface area contributed by atoms with Crippen LogP contribution in [0.3, 0.4) is 0 Å². The van der Waals surface area contributed by atoms with E-state index in [2.05, 4.69) is 11.7 Å². The monoisotopic (exact) mass is 280 g/mol. The number of hydrogen-bond donors (Lipinski definition) is 0. The van der Waals surface area contributed by atoms with Crippen LogP contribution in [-0.4, -0.2) is 26.2 Å². The van der Waals surface area contributed by atoms with E-state index in [1.165, 1.54) is 14.2 Å². The summed E-state index contributed by atoms with van der Waals surface area (Å²) in [4.78, 5) is 22.6. The van der Waals surface area contributed by atoms with Gasteiger partial charge in [-0.2, -0.15) is 0 Å². The zero-order valence-electron chi connectivity index (χ0n) is 12.1. The van der Waals surface area contributed by atoms with Gasteiger partial charge in [-0.05, 0) is 24.1 Å². The number of hydrogen-bond acceptors (Lipinski definition) is 5. The van der Waals surface area contributed by atoms with E-state index in [0.717, 1.165) is 18.4 Å². The van der Waals surface area contributed by atoms with Gasteiger partial charge in [0.2, 0.25) is 0 Å². The van der Waals surface area contributed by atoms with Gasteiger partial charge in [0.25, 0.3) is 0 Å². The van der Waals surface area contributed by atoms with Crippen LogP contribution in [0.2, 0.25) is 0 Å². The van der Waals surface area contributed by atoms with Gasteiger partial charge in [0, 0.05) is 0 Å². The van der Waals surface area contributed by atoms with Crippen molar-refractivity contribution in [2.45, 2.75) is 32.6 Å². The predicted octanol–water partition coefficient (Wildman–Crippen LogP) is 2.51. The molecule has 0 atom stereocenters. The van der Waals surface area contributed by atoms with E-state index in [9.17, 15) is 9.59 Å². The summed E-state index contributed by atoms with van der Waals surface area (Å²) in [7, 11) is 2.81. The number of rotatable bonds is 7. The number of methoxy groups -OCH3 is 2. The lowest BCUT2D eigenvalue weighted by atomic mass is 10.1. The van der Waals surface area contributed by atoms with E-state index in [4.69, 9.17) is 9.47 Å². The molecule has 0 saturated carbocycles. The topological polar surface area (TPSA) is 61.8 Å². The highest BCUT2D eigenvalue weighted by Crippen LogP contribution is 2.29. The van der Waals surface area contributed by atoms with Crippen molar-refractivity contribution in [3.05, 3.63) is 23.8 Å². The van der Waals surface area contributed by atoms with Crippen LogP contribution in [0, 0.1) is 0 Å². The van der Waals surface area contributed by atoms with E-state index in [-0.39, 0.29) is 12.8 Å². The molecule has 1 aromatic carbocycles. The molecule has 0 aromatic heterocycles. The molecule has 0 unspecified atom stereocenters. The molecule has 0 aliphatic heterocycles. The first kappa shape index (κ1) is 16.0. The van der Waals surface area contributed by atoms with Crippen molar-refractivity contribution in [3.63, 3.8) is 0 Å². The molecule has 0 amide bonds. The van der Waals surface area contributed by atoms with Crippen molar-refractivity contribution < 1.29 is 23.8 Å². The van der Waals surface area contributed by atoms with Crippen LogP contribution in [0.1, 0.15) is 31.7 Å². The van der Waals surface area contributed by atoms with Crippen molar-refractivity contribution in [2.75, 3.05) is 14.2 Å². The summed E-state index contributed by atoms with van der Waals surface area (Å²) >= 11 is 0. The minimum absolute atomic E-state index is 0.00552. The molecule has 0 saturated heterocycles. The Morgan fingerprint density at radius 2 is 1.75 bits per heavy atom. The largest absolute Gasteiger partial charge is 0.493 e. The summed E-state index contributed by atoms with van der Waals surface area (Å²) in [5.41, 5.74) is 1.12. The van der Waals surface area contributed by atoms with Crippen molar-refractivity contribution in [1.82, 2.24) is 0 Å². The van der Waals surface area contributed by atoms with E-state index >= 15 is 0 Å². The van der Waals surface area contributed by atoms with Gasteiger partial charge in [0.15, 0.2) is 11.5 Å². The second kappa shape index (κ2) is 8.19. The van der Waals surface area contributed by atoms with Crippen molar-refractivity contribution >= 4 is 11.9 Å². The SMILES string of the molecule is CCCc1ccc(OC(=O)CCC(=O)OC)c(OC)c1. The molecule has 5 nitrogen and oxygen atoms in total. The average molecular weight is 280 g/mol. The molecule has 0 fully saturated rings. The maximum atomic E-state index is 11.6. The zero-order chi connectivity index (χ0) is 15.0. The van der Waals surface area contributed by atoms with Crippen LogP contribution >= 0.6 is 0 Å². The fourth-order valence-corrected chi connectivity index (χ4v) is 1.72. The lowest BCUT2D eigenvalue weighted by Gasteiger charge is -2.10. The third-order valence-corrected chi connectivity index (χ3v) is 2.75. The fraction of sp³-hybridized carbons (Fsp3) is 0.467. The molecule has 0 spiro atoms. The standard InChI is InChI=1S/C15H20O5/c1-4-5-11-6-7-12(13(10-11)18-2)20-15(17)9-8-14(16)19-3/h6-7,10H,4-5,8-9H2,1-3H3. The van der Waals surface area contributed by atoms with Gasteiger partial charge < -0.3 is 14.2 Å². The summed E-state index contributed by atoms with van der Waals surface area (Å²) < 4.78 is 14.9. The molecule has 110 valence electrons. The Morgan fingerprint density at radius 3 is 2.35 bits per heavy atom. The lowest BCUT2D eigenvalue weighted by Crippen LogP contribution is -2.12. The molecular weight excluding hydrogens is 260 g/mol. The van der Waals surface area contributed by atoms with Crippen LogP contribution in [0.4, 0.5) is 0 Å². The Labute approximate surface area is 118 Å². The van der Waals surface area contributed by atoms with E-state index < -0.39 is 11.9 Å². The molecule has 5 heteroatoms. The molecule has 0 radical (unpaired) electrons. The maximum Gasteiger partial charge on any atom is 0.311 e. The van der Waals surface area contributed by atoms with Crippen LogP contribution in [0.25, 0.3) is 0 Å². The Bertz CT molecular complexity index is 467. The smallest absolute Gasteiger partial charge is 0.311 e. The average Bonchev–Trinajstić information content (AvgIpc) is 2.46. The first-order valence-corrected chi connectivity index (χ1v) is 6.55. The van der Waals surface area contributed by atoms with E-state index in [1.807, 2.05) is 12.1 Å². The maximum absolute atomic E-state index is 11.6. The van der Waals surface area contributed by atoms with Gasteiger partial charge in [0.1, 0.15) is 0 Å². The highest BCUT2D eigenvalue weighted by Gasteiger charge is 2.12. The number of carbonyl (C=O) groups is 2. The fourth-order valence-electron chi connectivity index (χ4n) is 1.72. The van der Waals surface area contributed by atoms with Gasteiger partial charge in [-0.25, -0.2) is 0 Å². The van der Waals surface area contributed by atoms with Gasteiger partial charge in [-0.15, -0.1) is 0 Å². The second-order valence-electron chi connectivity index (χ2n) is 4.29. The number of benzene rings is 1. The Kier molecular flexibility index (Phi) is 6.56. The summed E-state index contributed by atoms with van der Waals surface area (Å²) in [6.07, 6.45) is 1.95.